The molecule has 1 aromatic carbocycles. The Labute approximate surface area is 260 Å². The Hall–Kier alpha value is -4.66. The Bertz CT molecular complexity index is 1390. The average molecular weight is 626 g/mol. The lowest BCUT2D eigenvalue weighted by atomic mass is 9.93. The Morgan fingerprint density at radius 3 is 2.33 bits per heavy atom. The molecule has 15 heteroatoms. The van der Waals surface area contributed by atoms with Crippen molar-refractivity contribution in [2.45, 2.75) is 50.2 Å². The largest absolute Gasteiger partial charge is 0.467 e. The molecule has 3 fully saturated rings. The van der Waals surface area contributed by atoms with Crippen LogP contribution in [0.25, 0.3) is 5.69 Å². The highest BCUT2D eigenvalue weighted by Gasteiger charge is 2.36. The number of para-hydroxylation sites is 1. The van der Waals surface area contributed by atoms with E-state index in [4.69, 9.17) is 9.47 Å². The molecule has 15 nitrogen and oxygen atoms in total. The molecular weight excluding hydrogens is 586 g/mol. The number of methoxy groups -OCH3 is 1. The van der Waals surface area contributed by atoms with E-state index in [0.717, 1.165) is 25.7 Å². The van der Waals surface area contributed by atoms with Gasteiger partial charge in [-0.2, -0.15) is 5.10 Å². The summed E-state index contributed by atoms with van der Waals surface area (Å²) in [7, 11) is 1.41. The molecule has 0 unspecified atom stereocenters. The maximum Gasteiger partial charge on any atom is 0.407 e. The molecule has 2 aromatic rings. The van der Waals surface area contributed by atoms with Crippen molar-refractivity contribution in [2.75, 3.05) is 53.0 Å². The highest BCUT2D eigenvalue weighted by molar-refractivity contribution is 5.96. The van der Waals surface area contributed by atoms with Crippen molar-refractivity contribution in [2.24, 2.45) is 0 Å². The number of amides is 5. The van der Waals surface area contributed by atoms with Gasteiger partial charge in [0.05, 0.1) is 12.3 Å². The fourth-order valence-electron chi connectivity index (χ4n) is 5.65. The number of likely N-dealkylation sites (tertiary alicyclic amines) is 1. The Morgan fingerprint density at radius 1 is 0.978 bits per heavy atom. The predicted octanol–water partition coefficient (Wildman–Crippen LogP) is 0.478. The third-order valence-corrected chi connectivity index (χ3v) is 8.38. The van der Waals surface area contributed by atoms with Gasteiger partial charge in [0.2, 0.25) is 17.7 Å². The van der Waals surface area contributed by atoms with Gasteiger partial charge in [-0.1, -0.05) is 18.2 Å². The van der Waals surface area contributed by atoms with Crippen LogP contribution in [0.1, 0.15) is 42.6 Å². The summed E-state index contributed by atoms with van der Waals surface area (Å²) in [4.78, 5) is 68.1. The van der Waals surface area contributed by atoms with Gasteiger partial charge >= 0.3 is 6.09 Å². The average Bonchev–Trinajstić information content (AvgIpc) is 3.70. The minimum atomic E-state index is -1.05. The van der Waals surface area contributed by atoms with Gasteiger partial charge in [0.25, 0.3) is 11.8 Å². The van der Waals surface area contributed by atoms with E-state index < -0.39 is 30.0 Å². The van der Waals surface area contributed by atoms with Crippen LogP contribution in [-0.2, 0) is 19.1 Å². The number of hydrogen-bond acceptors (Lipinski definition) is 8. The maximum absolute atomic E-state index is 13.4. The molecule has 45 heavy (non-hydrogen) atoms. The zero-order valence-corrected chi connectivity index (χ0v) is 25.2. The van der Waals surface area contributed by atoms with E-state index in [1.165, 1.54) is 27.7 Å². The monoisotopic (exact) mass is 625 g/mol. The minimum absolute atomic E-state index is 0.0511. The van der Waals surface area contributed by atoms with Gasteiger partial charge in [0.1, 0.15) is 12.1 Å². The Kier molecular flexibility index (Phi) is 10.2. The molecule has 3 N–H and O–H groups in total. The van der Waals surface area contributed by atoms with Gasteiger partial charge in [-0.15, -0.1) is 0 Å². The van der Waals surface area contributed by atoms with Crippen molar-refractivity contribution in [1.29, 1.82) is 0 Å². The number of carbonyl (C=O) groups excluding carboxylic acids is 4. The molecule has 2 aliphatic heterocycles. The SMILES string of the molecule is COC[C@H](NC(=O)c1cc(OCC(=O)N2CCC[C@H]2C(=O)NC2CCC2)n(-c2ccccc2)n1)C(=O)N1CCN(C(=O)O)CC1. The number of rotatable bonds is 11. The smallest absolute Gasteiger partial charge is 0.407 e. The van der Waals surface area contributed by atoms with Gasteiger partial charge in [-0.25, -0.2) is 9.48 Å². The quantitative estimate of drug-likeness (QED) is 0.321. The second-order valence-electron chi connectivity index (χ2n) is 11.4. The first-order valence-corrected chi connectivity index (χ1v) is 15.2. The molecule has 1 saturated carbocycles. The molecule has 5 amide bonds. The van der Waals surface area contributed by atoms with E-state index >= 15 is 0 Å². The van der Waals surface area contributed by atoms with Crippen LogP contribution in [0.5, 0.6) is 5.88 Å². The third-order valence-electron chi connectivity index (χ3n) is 8.38. The van der Waals surface area contributed by atoms with E-state index in [1.807, 2.05) is 6.07 Å². The van der Waals surface area contributed by atoms with Crippen molar-refractivity contribution in [3.8, 4) is 11.6 Å². The molecule has 2 saturated heterocycles. The summed E-state index contributed by atoms with van der Waals surface area (Å²) >= 11 is 0. The summed E-state index contributed by atoms with van der Waals surface area (Å²) < 4.78 is 12.5. The zero-order chi connectivity index (χ0) is 31.9. The van der Waals surface area contributed by atoms with E-state index in [0.29, 0.717) is 18.7 Å². The van der Waals surface area contributed by atoms with E-state index in [9.17, 15) is 29.1 Å². The molecule has 1 aliphatic carbocycles. The zero-order valence-electron chi connectivity index (χ0n) is 25.2. The summed E-state index contributed by atoms with van der Waals surface area (Å²) in [6.07, 6.45) is 3.27. The fraction of sp³-hybridized carbons (Fsp3) is 0.533. The highest BCUT2D eigenvalue weighted by atomic mass is 16.5. The topological polar surface area (TPSA) is 176 Å². The number of carbonyl (C=O) groups is 5. The highest BCUT2D eigenvalue weighted by Crippen LogP contribution is 2.23. The predicted molar refractivity (Wildman–Crippen MR) is 159 cm³/mol. The van der Waals surface area contributed by atoms with Gasteiger partial charge in [0.15, 0.2) is 12.3 Å². The van der Waals surface area contributed by atoms with Crippen molar-refractivity contribution in [3.63, 3.8) is 0 Å². The van der Waals surface area contributed by atoms with E-state index in [1.54, 1.807) is 29.2 Å². The third kappa shape index (κ3) is 7.53. The summed E-state index contributed by atoms with van der Waals surface area (Å²) in [5.74, 6) is -1.41. The summed E-state index contributed by atoms with van der Waals surface area (Å²) in [5.41, 5.74) is 0.531. The number of ether oxygens (including phenoxy) is 2. The maximum atomic E-state index is 13.4. The summed E-state index contributed by atoms with van der Waals surface area (Å²) in [6, 6.07) is 8.92. The standard InChI is InChI=1S/C30H39N7O8/c1-44-18-23(29(41)34-13-15-35(16-14-34)30(42)43)32-27(39)22-17-26(37(33-22)21-9-3-2-4-10-21)45-19-25(38)36-12-6-11-24(36)28(40)31-20-7-5-8-20/h2-4,9-10,17,20,23-24H,5-8,11-16,18-19H2,1H3,(H,31,40)(H,32,39)(H,42,43)/t23-,24-/m0/s1. The summed E-state index contributed by atoms with van der Waals surface area (Å²) in [5, 5.41) is 19.3. The van der Waals surface area contributed by atoms with Crippen molar-refractivity contribution in [3.05, 3.63) is 42.1 Å². The number of benzene rings is 1. The lowest BCUT2D eigenvalue weighted by molar-refractivity contribution is -0.140. The van der Waals surface area contributed by atoms with Gasteiger partial charge < -0.3 is 39.9 Å². The number of nitrogens with one attached hydrogen (secondary N) is 2. The van der Waals surface area contributed by atoms with Gasteiger partial charge in [-0.3, -0.25) is 19.2 Å². The Balaban J connectivity index is 1.27. The molecule has 0 bridgehead atoms. The minimum Gasteiger partial charge on any atom is -0.467 e. The van der Waals surface area contributed by atoms with Crippen LogP contribution < -0.4 is 15.4 Å². The van der Waals surface area contributed by atoms with Gasteiger partial charge in [-0.05, 0) is 44.2 Å². The van der Waals surface area contributed by atoms with E-state index in [-0.39, 0.29) is 68.8 Å². The first-order chi connectivity index (χ1) is 21.7. The second-order valence-corrected chi connectivity index (χ2v) is 11.4. The Morgan fingerprint density at radius 2 is 1.69 bits per heavy atom. The molecule has 3 heterocycles. The number of nitrogens with zero attached hydrogens (tertiary/aromatic N) is 5. The first-order valence-electron chi connectivity index (χ1n) is 15.2. The first kappa shape index (κ1) is 31.8. The normalized spacial score (nSPS) is 19.0. The number of aromatic nitrogens is 2. The molecule has 1 aromatic heterocycles. The lowest BCUT2D eigenvalue weighted by Gasteiger charge is -2.35. The van der Waals surface area contributed by atoms with Crippen LogP contribution >= 0.6 is 0 Å². The van der Waals surface area contributed by atoms with Crippen LogP contribution in [0.3, 0.4) is 0 Å². The van der Waals surface area contributed by atoms with Crippen molar-refractivity contribution < 1.29 is 38.6 Å². The van der Waals surface area contributed by atoms with Crippen molar-refractivity contribution >= 4 is 29.7 Å². The van der Waals surface area contributed by atoms with Crippen LogP contribution in [0.2, 0.25) is 0 Å². The molecule has 3 aliphatic rings. The molecular formula is C30H39N7O8. The molecule has 5 rings (SSSR count). The molecule has 0 spiro atoms. The van der Waals surface area contributed by atoms with Crippen LogP contribution in [-0.4, -0.2) is 130 Å². The number of piperazine rings is 1. The van der Waals surface area contributed by atoms with Crippen molar-refractivity contribution in [1.82, 2.24) is 35.1 Å². The molecule has 2 atom stereocenters. The second kappa shape index (κ2) is 14.4. The van der Waals surface area contributed by atoms with Crippen LogP contribution in [0.4, 0.5) is 4.79 Å². The number of carboxylic acid groups (broad SMARTS) is 1. The van der Waals surface area contributed by atoms with Gasteiger partial charge in [0, 0.05) is 51.9 Å². The van der Waals surface area contributed by atoms with Crippen LogP contribution in [0, 0.1) is 0 Å². The number of hydrogen-bond donors (Lipinski definition) is 3. The lowest BCUT2D eigenvalue weighted by Crippen LogP contribution is -2.56. The summed E-state index contributed by atoms with van der Waals surface area (Å²) in [6.45, 7) is 0.701. The van der Waals surface area contributed by atoms with E-state index in [2.05, 4.69) is 15.7 Å². The van der Waals surface area contributed by atoms with Crippen LogP contribution in [0.15, 0.2) is 36.4 Å². The molecule has 242 valence electrons. The molecule has 0 radical (unpaired) electrons. The fourth-order valence-corrected chi connectivity index (χ4v) is 5.65.